The monoisotopic (exact) mass is 494 g/mol. The summed E-state index contributed by atoms with van der Waals surface area (Å²) < 4.78 is 33.4. The van der Waals surface area contributed by atoms with Crippen molar-refractivity contribution in [3.05, 3.63) is 41.2 Å². The van der Waals surface area contributed by atoms with Gasteiger partial charge in [0.1, 0.15) is 0 Å². The lowest BCUT2D eigenvalue weighted by Gasteiger charge is -2.05. The second-order valence-electron chi connectivity index (χ2n) is 6.12. The molecule has 0 saturated heterocycles. The van der Waals surface area contributed by atoms with E-state index in [0.717, 1.165) is 11.3 Å². The number of rotatable bonds is 9. The second-order valence-corrected chi connectivity index (χ2v) is 8.82. The van der Waals surface area contributed by atoms with Crippen molar-refractivity contribution in [1.82, 2.24) is 20.3 Å². The number of aryl methyl sites for hydroxylation is 1. The Morgan fingerprint density at radius 2 is 1.75 bits per heavy atom. The first kappa shape index (κ1) is 27.3. The van der Waals surface area contributed by atoms with Gasteiger partial charge in [-0.2, -0.15) is 13.2 Å². The van der Waals surface area contributed by atoms with E-state index in [9.17, 15) is 22.8 Å². The van der Waals surface area contributed by atoms with E-state index in [2.05, 4.69) is 15.6 Å². The number of carboxylic acids is 2. The molecule has 0 radical (unpaired) electrons. The molecule has 0 spiro atoms. The van der Waals surface area contributed by atoms with Gasteiger partial charge in [-0.15, -0.1) is 5.10 Å². The van der Waals surface area contributed by atoms with Gasteiger partial charge >= 0.3 is 18.1 Å². The summed E-state index contributed by atoms with van der Waals surface area (Å²) in [7, 11) is 3.03. The van der Waals surface area contributed by atoms with Crippen molar-refractivity contribution in [1.29, 1.82) is 0 Å². The molecule has 3 N–H and O–H groups in total. The molecule has 9 nitrogen and oxygen atoms in total. The summed E-state index contributed by atoms with van der Waals surface area (Å²) >= 11 is 0. The fourth-order valence-corrected chi connectivity index (χ4v) is 3.97. The number of carboxylic acid groups (broad SMARTS) is 2. The number of hydrogen-bond donors (Lipinski definition) is 3. The van der Waals surface area contributed by atoms with E-state index in [4.69, 9.17) is 15.0 Å². The van der Waals surface area contributed by atoms with Crippen molar-refractivity contribution in [3.63, 3.8) is 0 Å². The minimum atomic E-state index is -5.08. The molecule has 1 aromatic heterocycles. The average Bonchev–Trinajstić information content (AvgIpc) is 3.08. The Morgan fingerprint density at radius 1 is 1.12 bits per heavy atom. The van der Waals surface area contributed by atoms with Gasteiger partial charge in [0.05, 0.1) is 17.8 Å². The molecule has 0 atom stereocenters. The normalized spacial score (nSPS) is 10.8. The zero-order valence-corrected chi connectivity index (χ0v) is 18.7. The first-order valence-electron chi connectivity index (χ1n) is 8.97. The van der Waals surface area contributed by atoms with Crippen LogP contribution in [0.5, 0.6) is 0 Å². The Kier molecular flexibility index (Phi) is 11.1. The van der Waals surface area contributed by atoms with Crippen LogP contribution < -0.4 is 5.32 Å². The van der Waals surface area contributed by atoms with E-state index >= 15 is 0 Å². The quantitative estimate of drug-likeness (QED) is 0.355. The first-order chi connectivity index (χ1) is 14.9. The molecule has 0 aliphatic carbocycles. The summed E-state index contributed by atoms with van der Waals surface area (Å²) in [5, 5.41) is 26.5. The number of halogens is 3. The Balaban J connectivity index is 0.000000633. The highest BCUT2D eigenvalue weighted by molar-refractivity contribution is 8.76. The molecule has 0 saturated carbocycles. The van der Waals surface area contributed by atoms with Gasteiger partial charge < -0.3 is 15.5 Å². The maximum atomic E-state index is 12.2. The number of carbonyl (C=O) groups is 3. The predicted molar refractivity (Wildman–Crippen MR) is 114 cm³/mol. The van der Waals surface area contributed by atoms with E-state index < -0.39 is 18.1 Å². The number of carbonyl (C=O) groups excluding carboxylic acids is 1. The first-order valence-corrected chi connectivity index (χ1v) is 11.5. The third-order valence-corrected chi connectivity index (χ3v) is 5.96. The number of amides is 1. The molecule has 1 aromatic carbocycles. The SMILES string of the molecule is Cc1cccc(-n2nnc(C(=O)NCCSSCCC(=O)O)c2C)c1.O=C(O)C(F)(F)F. The summed E-state index contributed by atoms with van der Waals surface area (Å²) in [6, 6.07) is 7.83. The number of benzene rings is 1. The fraction of sp³-hybridized carbons (Fsp3) is 0.389. The maximum absolute atomic E-state index is 12.2. The van der Waals surface area contributed by atoms with Crippen LogP contribution in [0.25, 0.3) is 5.69 Å². The minimum absolute atomic E-state index is 0.144. The summed E-state index contributed by atoms with van der Waals surface area (Å²) in [4.78, 5) is 31.5. The van der Waals surface area contributed by atoms with Crippen molar-refractivity contribution in [2.24, 2.45) is 0 Å². The zero-order valence-electron chi connectivity index (χ0n) is 17.0. The lowest BCUT2D eigenvalue weighted by molar-refractivity contribution is -0.192. The highest BCUT2D eigenvalue weighted by Crippen LogP contribution is 2.21. The third kappa shape index (κ3) is 9.60. The second kappa shape index (κ2) is 13.0. The van der Waals surface area contributed by atoms with Gasteiger partial charge in [-0.3, -0.25) is 9.59 Å². The molecule has 2 rings (SSSR count). The van der Waals surface area contributed by atoms with Crippen molar-refractivity contribution in [2.45, 2.75) is 26.4 Å². The van der Waals surface area contributed by atoms with E-state index in [1.807, 2.05) is 38.1 Å². The number of alkyl halides is 3. The molecular weight excluding hydrogens is 473 g/mol. The van der Waals surface area contributed by atoms with E-state index in [1.54, 1.807) is 4.68 Å². The van der Waals surface area contributed by atoms with Gasteiger partial charge in [-0.1, -0.05) is 38.9 Å². The largest absolute Gasteiger partial charge is 0.490 e. The van der Waals surface area contributed by atoms with Crippen LogP contribution in [-0.2, 0) is 9.59 Å². The molecular formula is C18H21F3N4O5S2. The van der Waals surface area contributed by atoms with Crippen LogP contribution in [0.1, 0.15) is 28.2 Å². The number of nitrogens with zero attached hydrogens (tertiary/aromatic N) is 3. The topological polar surface area (TPSA) is 134 Å². The minimum Gasteiger partial charge on any atom is -0.481 e. The van der Waals surface area contributed by atoms with Crippen molar-refractivity contribution < 1.29 is 37.8 Å². The van der Waals surface area contributed by atoms with E-state index in [0.29, 0.717) is 29.4 Å². The van der Waals surface area contributed by atoms with Crippen LogP contribution in [0, 0.1) is 13.8 Å². The van der Waals surface area contributed by atoms with Gasteiger partial charge in [-0.05, 0) is 31.5 Å². The standard InChI is InChI=1S/C16H20N4O3S2.C2HF3O2/c1-11-4-3-5-13(10-11)20-12(2)15(18-19-20)16(23)17-7-9-25-24-8-6-14(21)22;3-2(4,5)1(6)7/h3-5,10H,6-9H2,1-2H3,(H,17,23)(H,21,22);(H,6,7). The van der Waals surface area contributed by atoms with Crippen LogP contribution >= 0.6 is 21.6 Å². The van der Waals surface area contributed by atoms with E-state index in [1.165, 1.54) is 21.6 Å². The molecule has 1 amide bonds. The Bertz CT molecular complexity index is 938. The number of aromatic nitrogens is 3. The molecule has 2 aromatic rings. The van der Waals surface area contributed by atoms with Crippen LogP contribution in [0.3, 0.4) is 0 Å². The van der Waals surface area contributed by atoms with E-state index in [-0.39, 0.29) is 12.3 Å². The summed E-state index contributed by atoms with van der Waals surface area (Å²) in [6.45, 7) is 4.30. The molecule has 0 aliphatic rings. The number of nitrogens with one attached hydrogen (secondary N) is 1. The van der Waals surface area contributed by atoms with Crippen molar-refractivity contribution in [2.75, 3.05) is 18.1 Å². The fourth-order valence-electron chi connectivity index (χ4n) is 2.08. The van der Waals surface area contributed by atoms with Gasteiger partial charge in [0.25, 0.3) is 5.91 Å². The van der Waals surface area contributed by atoms with Gasteiger partial charge in [0.15, 0.2) is 5.69 Å². The zero-order chi connectivity index (χ0) is 24.3. The number of hydrogen-bond acceptors (Lipinski definition) is 7. The van der Waals surface area contributed by atoms with Crippen molar-refractivity contribution in [3.8, 4) is 5.69 Å². The van der Waals surface area contributed by atoms with Gasteiger partial charge in [0, 0.05) is 18.1 Å². The molecule has 0 aliphatic heterocycles. The molecule has 32 heavy (non-hydrogen) atoms. The molecule has 0 bridgehead atoms. The molecule has 1 heterocycles. The Morgan fingerprint density at radius 3 is 2.31 bits per heavy atom. The molecule has 14 heteroatoms. The average molecular weight is 495 g/mol. The van der Waals surface area contributed by atoms with Gasteiger partial charge in [0.2, 0.25) is 0 Å². The molecule has 0 fully saturated rings. The number of aliphatic carboxylic acids is 2. The van der Waals surface area contributed by atoms with Gasteiger partial charge in [-0.25, -0.2) is 9.48 Å². The predicted octanol–water partition coefficient (Wildman–Crippen LogP) is 3.10. The lowest BCUT2D eigenvalue weighted by atomic mass is 10.2. The van der Waals surface area contributed by atoms with Crippen LogP contribution in [-0.4, -0.2) is 67.3 Å². The Labute approximate surface area is 189 Å². The van der Waals surface area contributed by atoms with Crippen LogP contribution in [0.4, 0.5) is 13.2 Å². The van der Waals surface area contributed by atoms with Crippen molar-refractivity contribution >= 4 is 39.4 Å². The Hall–Kier alpha value is -2.74. The van der Waals surface area contributed by atoms with Crippen LogP contribution in [0.2, 0.25) is 0 Å². The molecule has 176 valence electrons. The third-order valence-electron chi connectivity index (χ3n) is 3.55. The summed E-state index contributed by atoms with van der Waals surface area (Å²) in [5.41, 5.74) is 2.97. The smallest absolute Gasteiger partial charge is 0.481 e. The maximum Gasteiger partial charge on any atom is 0.490 e. The highest BCUT2D eigenvalue weighted by Gasteiger charge is 2.38. The lowest BCUT2D eigenvalue weighted by Crippen LogP contribution is -2.26. The van der Waals surface area contributed by atoms with Crippen LogP contribution in [0.15, 0.2) is 24.3 Å². The summed E-state index contributed by atoms with van der Waals surface area (Å²) in [5.74, 6) is -2.56. The highest BCUT2D eigenvalue weighted by atomic mass is 33.1. The molecule has 0 unspecified atom stereocenters. The summed E-state index contributed by atoms with van der Waals surface area (Å²) in [6.07, 6.45) is -4.94.